The quantitative estimate of drug-likeness (QED) is 0.730. The number of nitrogens with zero attached hydrogens (tertiary/aromatic N) is 2. The zero-order valence-electron chi connectivity index (χ0n) is 17.6. The van der Waals surface area contributed by atoms with Crippen molar-refractivity contribution in [2.24, 2.45) is 11.8 Å². The molecule has 0 N–H and O–H groups in total. The summed E-state index contributed by atoms with van der Waals surface area (Å²) in [6.45, 7) is 7.25. The van der Waals surface area contributed by atoms with Crippen LogP contribution in [0.4, 0.5) is 0 Å². The Morgan fingerprint density at radius 1 is 0.667 bits per heavy atom. The minimum Gasteiger partial charge on any atom is -0.314 e. The first-order chi connectivity index (χ1) is 14.3. The molecule has 30 heavy (non-hydrogen) atoms. The minimum absolute atomic E-state index is 0.257. The average molecular weight is 406 g/mol. The van der Waals surface area contributed by atoms with Crippen LogP contribution in [0.1, 0.15) is 48.4 Å². The molecule has 1 aliphatic heterocycles. The molecule has 2 aromatic rings. The summed E-state index contributed by atoms with van der Waals surface area (Å²) >= 11 is 0. The summed E-state index contributed by atoms with van der Waals surface area (Å²) in [6, 6.07) is 15.0. The summed E-state index contributed by atoms with van der Waals surface area (Å²) in [5.41, 5.74) is 0.657. The van der Waals surface area contributed by atoms with E-state index in [0.29, 0.717) is 5.56 Å². The van der Waals surface area contributed by atoms with E-state index < -0.39 is 29.8 Å². The van der Waals surface area contributed by atoms with E-state index in [1.807, 2.05) is 27.7 Å². The molecule has 2 aromatic carbocycles. The van der Waals surface area contributed by atoms with Crippen LogP contribution in [0.25, 0.3) is 0 Å². The van der Waals surface area contributed by atoms with Gasteiger partial charge in [-0.05, 0) is 36.1 Å². The van der Waals surface area contributed by atoms with Gasteiger partial charge in [-0.25, -0.2) is 4.90 Å². The second kappa shape index (κ2) is 8.61. The predicted octanol–water partition coefficient (Wildman–Crippen LogP) is 3.39. The van der Waals surface area contributed by atoms with Gasteiger partial charge in [-0.1, -0.05) is 64.1 Å². The van der Waals surface area contributed by atoms with Gasteiger partial charge in [0, 0.05) is 11.1 Å². The van der Waals surface area contributed by atoms with Crippen LogP contribution in [-0.4, -0.2) is 45.5 Å². The summed E-state index contributed by atoms with van der Waals surface area (Å²) in [5, 5.41) is 0. The van der Waals surface area contributed by atoms with E-state index in [2.05, 4.69) is 0 Å². The lowest BCUT2D eigenvalue weighted by atomic mass is 9.88. The Kier molecular flexibility index (Phi) is 6.15. The number of amides is 4. The number of carbonyl (C=O) groups excluding carboxylic acids is 4. The summed E-state index contributed by atoms with van der Waals surface area (Å²) in [5.74, 6) is -2.94. The van der Waals surface area contributed by atoms with Gasteiger partial charge in [-0.3, -0.25) is 19.2 Å². The van der Waals surface area contributed by atoms with Crippen LogP contribution in [0, 0.1) is 11.8 Å². The van der Waals surface area contributed by atoms with Crippen LogP contribution in [0.3, 0.4) is 0 Å². The van der Waals surface area contributed by atoms with Gasteiger partial charge in [0.15, 0.2) is 0 Å². The predicted molar refractivity (Wildman–Crippen MR) is 112 cm³/mol. The lowest BCUT2D eigenvalue weighted by Crippen LogP contribution is -2.69. The van der Waals surface area contributed by atoms with Crippen molar-refractivity contribution in [1.82, 2.24) is 9.80 Å². The first-order valence-corrected chi connectivity index (χ1v) is 10.1. The maximum absolute atomic E-state index is 13.4. The van der Waals surface area contributed by atoms with Gasteiger partial charge in [0.25, 0.3) is 23.6 Å². The summed E-state index contributed by atoms with van der Waals surface area (Å²) in [4.78, 5) is 55.4. The molecule has 6 heteroatoms. The van der Waals surface area contributed by atoms with E-state index in [1.165, 1.54) is 4.90 Å². The number of imide groups is 3. The average Bonchev–Trinajstić information content (AvgIpc) is 2.73. The fourth-order valence-electron chi connectivity index (χ4n) is 3.89. The number of piperazine rings is 1. The van der Waals surface area contributed by atoms with Crippen LogP contribution in [0.5, 0.6) is 0 Å². The molecule has 0 saturated carbocycles. The highest BCUT2D eigenvalue weighted by atomic mass is 16.2. The zero-order chi connectivity index (χ0) is 22.0. The second-order valence-electron chi connectivity index (χ2n) is 8.14. The molecule has 2 unspecified atom stereocenters. The molecule has 1 aliphatic rings. The van der Waals surface area contributed by atoms with Crippen LogP contribution in [0.2, 0.25) is 0 Å². The molecule has 0 spiro atoms. The third-order valence-corrected chi connectivity index (χ3v) is 5.29. The summed E-state index contributed by atoms with van der Waals surface area (Å²) < 4.78 is 0. The van der Waals surface area contributed by atoms with Crippen LogP contribution < -0.4 is 0 Å². The third kappa shape index (κ3) is 3.77. The van der Waals surface area contributed by atoms with Crippen molar-refractivity contribution in [3.8, 4) is 0 Å². The number of hydrogen-bond donors (Lipinski definition) is 0. The second-order valence-corrected chi connectivity index (χ2v) is 8.14. The van der Waals surface area contributed by atoms with Gasteiger partial charge >= 0.3 is 0 Å². The van der Waals surface area contributed by atoms with Gasteiger partial charge < -0.3 is 4.90 Å². The normalized spacial score (nSPS) is 19.5. The molecule has 156 valence electrons. The molecule has 3 rings (SSSR count). The molecular weight excluding hydrogens is 380 g/mol. The number of carbonyl (C=O) groups is 4. The highest BCUT2D eigenvalue weighted by Crippen LogP contribution is 2.30. The molecule has 4 amide bonds. The van der Waals surface area contributed by atoms with Crippen molar-refractivity contribution in [3.05, 3.63) is 71.8 Å². The molecule has 1 heterocycles. The Bertz CT molecular complexity index is 926. The molecule has 2 atom stereocenters. The summed E-state index contributed by atoms with van der Waals surface area (Å²) in [6.07, 6.45) is 0. The van der Waals surface area contributed by atoms with Crippen LogP contribution in [-0.2, 0) is 9.59 Å². The monoisotopic (exact) mass is 406 g/mol. The van der Waals surface area contributed by atoms with E-state index in [1.54, 1.807) is 60.7 Å². The highest BCUT2D eigenvalue weighted by molar-refractivity contribution is 6.21. The molecular formula is C24H26N2O4. The van der Waals surface area contributed by atoms with Gasteiger partial charge in [-0.2, -0.15) is 0 Å². The first-order valence-electron chi connectivity index (χ1n) is 10.1. The Morgan fingerprint density at radius 3 is 1.40 bits per heavy atom. The number of hydrogen-bond acceptors (Lipinski definition) is 4. The van der Waals surface area contributed by atoms with Crippen molar-refractivity contribution in [2.75, 3.05) is 0 Å². The fraction of sp³-hybridized carbons (Fsp3) is 0.333. The van der Waals surface area contributed by atoms with Gasteiger partial charge in [0.05, 0.1) is 0 Å². The smallest absolute Gasteiger partial charge is 0.267 e. The zero-order valence-corrected chi connectivity index (χ0v) is 17.6. The van der Waals surface area contributed by atoms with Gasteiger partial charge in [0.1, 0.15) is 12.1 Å². The largest absolute Gasteiger partial charge is 0.314 e. The van der Waals surface area contributed by atoms with Crippen LogP contribution in [0.15, 0.2) is 60.7 Å². The van der Waals surface area contributed by atoms with E-state index in [-0.39, 0.29) is 23.3 Å². The Morgan fingerprint density at radius 2 is 1.03 bits per heavy atom. The molecule has 0 radical (unpaired) electrons. The van der Waals surface area contributed by atoms with Crippen molar-refractivity contribution < 1.29 is 19.2 Å². The summed E-state index contributed by atoms with van der Waals surface area (Å²) in [7, 11) is 0. The molecule has 1 fully saturated rings. The Hall–Kier alpha value is -3.28. The Labute approximate surface area is 176 Å². The molecule has 1 saturated heterocycles. The van der Waals surface area contributed by atoms with Crippen LogP contribution >= 0.6 is 0 Å². The number of benzene rings is 2. The first kappa shape index (κ1) is 21.4. The molecule has 0 aromatic heterocycles. The maximum atomic E-state index is 13.4. The fourth-order valence-corrected chi connectivity index (χ4v) is 3.89. The van der Waals surface area contributed by atoms with Gasteiger partial charge in [0.2, 0.25) is 0 Å². The van der Waals surface area contributed by atoms with Crippen molar-refractivity contribution in [2.45, 2.75) is 39.8 Å². The van der Waals surface area contributed by atoms with Crippen molar-refractivity contribution >= 4 is 23.6 Å². The standard InChI is InChI=1S/C24H26N2O4/c1-15(2)19-23(29)26(22(28)18-13-9-6-10-14-18)24(30)20(16(3)4)25(19)21(27)17-11-7-5-8-12-17/h5-16,19-20H,1-4H3. The maximum Gasteiger partial charge on any atom is 0.267 e. The van der Waals surface area contributed by atoms with E-state index in [4.69, 9.17) is 0 Å². The SMILES string of the molecule is CC(C)C1C(=O)N(C(=O)c2ccccc2)C(=O)C(C(C)C)N1C(=O)c1ccccc1. The van der Waals surface area contributed by atoms with E-state index in [0.717, 1.165) is 4.90 Å². The van der Waals surface area contributed by atoms with Crippen molar-refractivity contribution in [1.29, 1.82) is 0 Å². The van der Waals surface area contributed by atoms with Gasteiger partial charge in [-0.15, -0.1) is 0 Å². The molecule has 6 nitrogen and oxygen atoms in total. The van der Waals surface area contributed by atoms with E-state index in [9.17, 15) is 19.2 Å². The van der Waals surface area contributed by atoms with Crippen molar-refractivity contribution in [3.63, 3.8) is 0 Å². The lowest BCUT2D eigenvalue weighted by molar-refractivity contribution is -0.157. The van der Waals surface area contributed by atoms with E-state index >= 15 is 0 Å². The number of rotatable bonds is 4. The highest BCUT2D eigenvalue weighted by Gasteiger charge is 2.52. The third-order valence-electron chi connectivity index (χ3n) is 5.29. The topological polar surface area (TPSA) is 74.8 Å². The molecule has 0 bridgehead atoms. The molecule has 0 aliphatic carbocycles. The Balaban J connectivity index is 2.10. The lowest BCUT2D eigenvalue weighted by Gasteiger charge is -2.46. The minimum atomic E-state index is -0.921.